The molecule has 17 heavy (non-hydrogen) atoms. The summed E-state index contributed by atoms with van der Waals surface area (Å²) in [6, 6.07) is 9.18. The molecule has 3 nitrogen and oxygen atoms in total. The van der Waals surface area contributed by atoms with Gasteiger partial charge in [0, 0.05) is 4.88 Å². The lowest BCUT2D eigenvalue weighted by atomic mass is 10.2. The van der Waals surface area contributed by atoms with Crippen LogP contribution >= 0.6 is 22.9 Å². The summed E-state index contributed by atoms with van der Waals surface area (Å²) in [5.41, 5.74) is 5.94. The molecule has 0 bridgehead atoms. The van der Waals surface area contributed by atoms with E-state index in [0.29, 0.717) is 22.9 Å². The summed E-state index contributed by atoms with van der Waals surface area (Å²) in [6.07, 6.45) is 0. The third kappa shape index (κ3) is 2.78. The normalized spacial score (nSPS) is 10.2. The van der Waals surface area contributed by atoms with Crippen LogP contribution in [0.3, 0.4) is 0 Å². The molecule has 3 N–H and O–H groups in total. The van der Waals surface area contributed by atoms with Gasteiger partial charge in [-0.3, -0.25) is 5.41 Å². The van der Waals surface area contributed by atoms with E-state index in [9.17, 15) is 0 Å². The fourth-order valence-corrected chi connectivity index (χ4v) is 2.31. The Hall–Kier alpha value is -1.52. The number of halogens is 1. The molecule has 1 aromatic carbocycles. The highest BCUT2D eigenvalue weighted by Gasteiger charge is 2.11. The van der Waals surface area contributed by atoms with E-state index >= 15 is 0 Å². The molecule has 1 heterocycles. The maximum atomic E-state index is 7.49. The van der Waals surface area contributed by atoms with E-state index in [1.54, 1.807) is 29.5 Å². The van der Waals surface area contributed by atoms with Crippen molar-refractivity contribution in [2.45, 2.75) is 6.61 Å². The van der Waals surface area contributed by atoms with E-state index in [-0.39, 0.29) is 5.84 Å². The lowest BCUT2D eigenvalue weighted by molar-refractivity contribution is 0.309. The summed E-state index contributed by atoms with van der Waals surface area (Å²) < 4.78 is 5.63. The Morgan fingerprint density at radius 1 is 1.35 bits per heavy atom. The van der Waals surface area contributed by atoms with Crippen LogP contribution in [-0.4, -0.2) is 5.84 Å². The van der Waals surface area contributed by atoms with Crippen LogP contribution in [0.2, 0.25) is 5.02 Å². The topological polar surface area (TPSA) is 59.1 Å². The van der Waals surface area contributed by atoms with Crippen molar-refractivity contribution in [3.8, 4) is 5.75 Å². The maximum absolute atomic E-state index is 7.49. The van der Waals surface area contributed by atoms with E-state index < -0.39 is 0 Å². The zero-order valence-corrected chi connectivity index (χ0v) is 10.5. The minimum absolute atomic E-state index is 0.0863. The van der Waals surface area contributed by atoms with Gasteiger partial charge in [-0.1, -0.05) is 23.7 Å². The van der Waals surface area contributed by atoms with Crippen LogP contribution in [0.5, 0.6) is 5.75 Å². The molecule has 0 saturated heterocycles. The quantitative estimate of drug-likeness (QED) is 0.659. The van der Waals surface area contributed by atoms with Crippen molar-refractivity contribution < 1.29 is 4.74 Å². The van der Waals surface area contributed by atoms with Gasteiger partial charge >= 0.3 is 0 Å². The van der Waals surface area contributed by atoms with E-state index in [4.69, 9.17) is 27.5 Å². The highest BCUT2D eigenvalue weighted by Crippen LogP contribution is 2.26. The van der Waals surface area contributed by atoms with Gasteiger partial charge in [-0.2, -0.15) is 0 Å². The first kappa shape index (κ1) is 12.0. The smallest absolute Gasteiger partial charge is 0.132 e. The Morgan fingerprint density at radius 3 is 2.82 bits per heavy atom. The highest BCUT2D eigenvalue weighted by atomic mass is 35.5. The Bertz CT molecular complexity index is 525. The predicted molar refractivity (Wildman–Crippen MR) is 71.1 cm³/mol. The lowest BCUT2D eigenvalue weighted by Crippen LogP contribution is -2.13. The van der Waals surface area contributed by atoms with E-state index in [2.05, 4.69) is 0 Å². The van der Waals surface area contributed by atoms with Gasteiger partial charge in [-0.15, -0.1) is 11.3 Å². The van der Waals surface area contributed by atoms with Crippen molar-refractivity contribution in [2.24, 2.45) is 5.73 Å². The summed E-state index contributed by atoms with van der Waals surface area (Å²) in [7, 11) is 0. The van der Waals surface area contributed by atoms with Crippen molar-refractivity contribution in [1.82, 2.24) is 0 Å². The van der Waals surface area contributed by atoms with Crippen molar-refractivity contribution in [1.29, 1.82) is 5.41 Å². The van der Waals surface area contributed by atoms with Crippen molar-refractivity contribution in [3.05, 3.63) is 51.2 Å². The summed E-state index contributed by atoms with van der Waals surface area (Å²) in [5, 5.41) is 9.91. The number of hydrogen-bond donors (Lipinski definition) is 2. The van der Waals surface area contributed by atoms with E-state index in [0.717, 1.165) is 4.88 Å². The molecule has 0 aliphatic heterocycles. The molecule has 0 spiro atoms. The summed E-state index contributed by atoms with van der Waals surface area (Å²) >= 11 is 7.60. The molecular weight excluding hydrogens is 256 g/mol. The first-order valence-electron chi connectivity index (χ1n) is 4.96. The standard InChI is InChI=1S/C12H11ClN2OS/c13-9-4-1-5-10(11(9)12(14)15)16-7-8-3-2-6-17-8/h1-6H,7H2,(H3,14,15). The van der Waals surface area contributed by atoms with Crippen LogP contribution in [-0.2, 0) is 6.61 Å². The fourth-order valence-electron chi connectivity index (χ4n) is 1.43. The molecule has 0 aliphatic rings. The largest absolute Gasteiger partial charge is 0.487 e. The van der Waals surface area contributed by atoms with Crippen LogP contribution in [0.4, 0.5) is 0 Å². The van der Waals surface area contributed by atoms with Gasteiger partial charge in [-0.25, -0.2) is 0 Å². The average Bonchev–Trinajstić information content (AvgIpc) is 2.78. The fraction of sp³-hybridized carbons (Fsp3) is 0.0833. The number of thiophene rings is 1. The maximum Gasteiger partial charge on any atom is 0.132 e. The van der Waals surface area contributed by atoms with Gasteiger partial charge < -0.3 is 10.5 Å². The molecule has 0 amide bonds. The summed E-state index contributed by atoms with van der Waals surface area (Å²) in [5.74, 6) is 0.454. The minimum Gasteiger partial charge on any atom is -0.487 e. The monoisotopic (exact) mass is 266 g/mol. The molecule has 88 valence electrons. The SMILES string of the molecule is N=C(N)c1c(Cl)cccc1OCc1cccs1. The van der Waals surface area contributed by atoms with Gasteiger partial charge in [0.25, 0.3) is 0 Å². The Balaban J connectivity index is 2.21. The first-order chi connectivity index (χ1) is 8.18. The number of ether oxygens (including phenoxy) is 1. The van der Waals surface area contributed by atoms with Crippen molar-refractivity contribution >= 4 is 28.8 Å². The van der Waals surface area contributed by atoms with Crippen molar-refractivity contribution in [3.63, 3.8) is 0 Å². The molecule has 0 saturated carbocycles. The Labute approximate surface area is 108 Å². The number of nitrogens with two attached hydrogens (primary N) is 1. The average molecular weight is 267 g/mol. The number of benzene rings is 1. The summed E-state index contributed by atoms with van der Waals surface area (Å²) in [6.45, 7) is 0.457. The zero-order valence-electron chi connectivity index (χ0n) is 8.94. The first-order valence-corrected chi connectivity index (χ1v) is 6.22. The van der Waals surface area contributed by atoms with Gasteiger partial charge in [0.05, 0.1) is 10.6 Å². The Kier molecular flexibility index (Phi) is 3.66. The molecule has 0 fully saturated rings. The number of nitrogens with one attached hydrogen (secondary N) is 1. The molecule has 0 aliphatic carbocycles. The number of nitrogen functional groups attached to an aromatic ring is 1. The van der Waals surface area contributed by atoms with Crippen molar-refractivity contribution in [2.75, 3.05) is 0 Å². The second-order valence-electron chi connectivity index (χ2n) is 3.39. The zero-order chi connectivity index (χ0) is 12.3. The van der Waals surface area contributed by atoms with Gasteiger partial charge in [-0.05, 0) is 23.6 Å². The summed E-state index contributed by atoms with van der Waals surface area (Å²) in [4.78, 5) is 1.11. The van der Waals surface area contributed by atoms with Gasteiger partial charge in [0.2, 0.25) is 0 Å². The molecule has 5 heteroatoms. The molecule has 2 aromatic rings. The van der Waals surface area contributed by atoms with Gasteiger partial charge in [0.1, 0.15) is 18.2 Å². The number of amidine groups is 1. The second kappa shape index (κ2) is 5.21. The molecular formula is C12H11ClN2OS. The minimum atomic E-state index is -0.0863. The second-order valence-corrected chi connectivity index (χ2v) is 4.83. The molecule has 0 unspecified atom stereocenters. The van der Waals surface area contributed by atoms with E-state index in [1.807, 2.05) is 17.5 Å². The van der Waals surface area contributed by atoms with Crippen LogP contribution in [0, 0.1) is 5.41 Å². The van der Waals surface area contributed by atoms with Crippen LogP contribution in [0.25, 0.3) is 0 Å². The lowest BCUT2D eigenvalue weighted by Gasteiger charge is -2.11. The predicted octanol–water partition coefficient (Wildman–Crippen LogP) is 3.26. The molecule has 1 aromatic heterocycles. The van der Waals surface area contributed by atoms with Crippen LogP contribution in [0.15, 0.2) is 35.7 Å². The highest BCUT2D eigenvalue weighted by molar-refractivity contribution is 7.09. The molecule has 0 atom stereocenters. The third-order valence-electron chi connectivity index (χ3n) is 2.19. The van der Waals surface area contributed by atoms with Gasteiger partial charge in [0.15, 0.2) is 0 Å². The Morgan fingerprint density at radius 2 is 2.18 bits per heavy atom. The van der Waals surface area contributed by atoms with Crippen LogP contribution in [0.1, 0.15) is 10.4 Å². The number of hydrogen-bond acceptors (Lipinski definition) is 3. The molecule has 0 radical (unpaired) electrons. The molecule has 2 rings (SSSR count). The van der Waals surface area contributed by atoms with Crippen LogP contribution < -0.4 is 10.5 Å². The number of rotatable bonds is 4. The van der Waals surface area contributed by atoms with E-state index in [1.165, 1.54) is 0 Å². The third-order valence-corrected chi connectivity index (χ3v) is 3.36.